The number of carbonyl (C=O) groups is 1. The lowest BCUT2D eigenvalue weighted by Gasteiger charge is -2.14. The molecule has 0 radical (unpaired) electrons. The van der Waals surface area contributed by atoms with Crippen LogP contribution in [-0.4, -0.2) is 20.9 Å². The molecule has 7 heteroatoms. The van der Waals surface area contributed by atoms with E-state index in [1.165, 1.54) is 18.2 Å². The molecule has 0 aliphatic rings. The molecule has 0 aliphatic heterocycles. The number of carbonyl (C=O) groups excluding carboxylic acids is 1. The van der Waals surface area contributed by atoms with Crippen LogP contribution in [0.3, 0.4) is 0 Å². The molecule has 1 rings (SSSR count). The van der Waals surface area contributed by atoms with Crippen molar-refractivity contribution in [3.05, 3.63) is 23.8 Å². The lowest BCUT2D eigenvalue weighted by Crippen LogP contribution is -2.20. The molecule has 0 unspecified atom stereocenters. The van der Waals surface area contributed by atoms with Crippen molar-refractivity contribution >= 4 is 15.9 Å². The Bertz CT molecular complexity index is 552. The van der Waals surface area contributed by atoms with Crippen LogP contribution < -0.4 is 15.6 Å². The lowest BCUT2D eigenvalue weighted by atomic mass is 10.0. The summed E-state index contributed by atoms with van der Waals surface area (Å²) in [7, 11) is -3.75. The van der Waals surface area contributed by atoms with E-state index in [0.717, 1.165) is 0 Å². The molecule has 0 atom stereocenters. The van der Waals surface area contributed by atoms with Crippen molar-refractivity contribution in [3.8, 4) is 5.75 Å². The summed E-state index contributed by atoms with van der Waals surface area (Å²) in [6.07, 6.45) is 0. The summed E-state index contributed by atoms with van der Waals surface area (Å²) < 4.78 is 27.7. The predicted octanol–water partition coefficient (Wildman–Crippen LogP) is 0.322. The van der Waals surface area contributed by atoms with Crippen LogP contribution in [0.25, 0.3) is 0 Å². The highest BCUT2D eigenvalue weighted by Crippen LogP contribution is 2.28. The molecule has 0 saturated carbocycles. The smallest absolute Gasteiger partial charge is 0.255 e. The van der Waals surface area contributed by atoms with Gasteiger partial charge in [0, 0.05) is 0 Å². The molecule has 1 amide bonds. The summed E-state index contributed by atoms with van der Waals surface area (Å²) >= 11 is 0. The fourth-order valence-corrected chi connectivity index (χ4v) is 1.98. The molecule has 0 fully saturated rings. The summed E-state index contributed by atoms with van der Waals surface area (Å²) in [5.41, 5.74) is 5.64. The average Bonchev–Trinajstić information content (AvgIpc) is 2.24. The van der Waals surface area contributed by atoms with E-state index in [2.05, 4.69) is 0 Å². The van der Waals surface area contributed by atoms with Gasteiger partial charge in [-0.15, -0.1) is 0 Å². The summed E-state index contributed by atoms with van der Waals surface area (Å²) in [6.45, 7) is 3.49. The molecule has 0 aliphatic carbocycles. The van der Waals surface area contributed by atoms with Crippen LogP contribution in [0.15, 0.2) is 23.1 Å². The summed E-state index contributed by atoms with van der Waals surface area (Å²) in [5.74, 6) is -0.147. The summed E-state index contributed by atoms with van der Waals surface area (Å²) in [6, 6.07) is 4.24. The molecule has 100 valence electrons. The number of benzene rings is 1. The number of hydrogen-bond acceptors (Lipinski definition) is 4. The molecule has 4 N–H and O–H groups in total. The number of rotatable bonds is 5. The first-order valence-electron chi connectivity index (χ1n) is 5.29. The van der Waals surface area contributed by atoms with Crippen molar-refractivity contribution in [3.63, 3.8) is 0 Å². The maximum Gasteiger partial charge on any atom is 0.255 e. The number of hydrogen-bond donors (Lipinski definition) is 2. The Morgan fingerprint density at radius 3 is 2.44 bits per heavy atom. The Morgan fingerprint density at radius 2 is 2.00 bits per heavy atom. The van der Waals surface area contributed by atoms with Crippen LogP contribution in [0.4, 0.5) is 0 Å². The van der Waals surface area contributed by atoms with E-state index in [-0.39, 0.29) is 17.4 Å². The molecule has 0 aromatic heterocycles. The molecule has 18 heavy (non-hydrogen) atoms. The van der Waals surface area contributed by atoms with E-state index in [1.807, 2.05) is 13.8 Å². The Kier molecular flexibility index (Phi) is 4.31. The second-order valence-corrected chi connectivity index (χ2v) is 5.72. The molecular formula is C11H16N2O4S. The monoisotopic (exact) mass is 272 g/mol. The van der Waals surface area contributed by atoms with E-state index in [9.17, 15) is 13.2 Å². The third-order valence-electron chi connectivity index (χ3n) is 2.30. The second-order valence-electron chi connectivity index (χ2n) is 4.15. The third-order valence-corrected chi connectivity index (χ3v) is 3.21. The van der Waals surface area contributed by atoms with Gasteiger partial charge < -0.3 is 10.5 Å². The SMILES string of the molecule is CC(C)c1cc(S(N)(=O)=O)ccc1OCC(N)=O. The van der Waals surface area contributed by atoms with Gasteiger partial charge in [-0.25, -0.2) is 13.6 Å². The van der Waals surface area contributed by atoms with Gasteiger partial charge in [0.25, 0.3) is 5.91 Å². The molecule has 0 bridgehead atoms. The quantitative estimate of drug-likeness (QED) is 0.803. The fraction of sp³-hybridized carbons (Fsp3) is 0.364. The van der Waals surface area contributed by atoms with Crippen LogP contribution >= 0.6 is 0 Å². The number of amides is 1. The van der Waals surface area contributed by atoms with Gasteiger partial charge >= 0.3 is 0 Å². The van der Waals surface area contributed by atoms with Gasteiger partial charge in [0.1, 0.15) is 5.75 Å². The van der Waals surface area contributed by atoms with Crippen molar-refractivity contribution in [2.75, 3.05) is 6.61 Å². The summed E-state index contributed by atoms with van der Waals surface area (Å²) in [5, 5.41) is 5.06. The van der Waals surface area contributed by atoms with Crippen LogP contribution in [0.2, 0.25) is 0 Å². The Hall–Kier alpha value is -1.60. The standard InChI is InChI=1S/C11H16N2O4S/c1-7(2)9-5-8(18(13,15)16)3-4-10(9)17-6-11(12)14/h3-5,7H,6H2,1-2H3,(H2,12,14)(H2,13,15,16). The Balaban J connectivity index is 3.17. The molecule has 0 saturated heterocycles. The average molecular weight is 272 g/mol. The minimum absolute atomic E-state index is 0.0117. The molecule has 0 spiro atoms. The van der Waals surface area contributed by atoms with E-state index >= 15 is 0 Å². The molecule has 6 nitrogen and oxygen atoms in total. The zero-order chi connectivity index (χ0) is 13.9. The van der Waals surface area contributed by atoms with E-state index in [0.29, 0.717) is 11.3 Å². The Labute approximate surface area is 106 Å². The van der Waals surface area contributed by atoms with Crippen LogP contribution in [0.1, 0.15) is 25.3 Å². The van der Waals surface area contributed by atoms with Gasteiger partial charge in [0.05, 0.1) is 4.90 Å². The van der Waals surface area contributed by atoms with Crippen molar-refractivity contribution in [1.82, 2.24) is 0 Å². The molecular weight excluding hydrogens is 256 g/mol. The van der Waals surface area contributed by atoms with Gasteiger partial charge in [-0.1, -0.05) is 13.8 Å². The first-order valence-corrected chi connectivity index (χ1v) is 6.84. The van der Waals surface area contributed by atoms with Crippen LogP contribution in [0.5, 0.6) is 5.75 Å². The van der Waals surface area contributed by atoms with Crippen LogP contribution in [0, 0.1) is 0 Å². The van der Waals surface area contributed by atoms with Gasteiger partial charge in [0.15, 0.2) is 6.61 Å². The van der Waals surface area contributed by atoms with E-state index < -0.39 is 15.9 Å². The highest BCUT2D eigenvalue weighted by molar-refractivity contribution is 7.89. The lowest BCUT2D eigenvalue weighted by molar-refractivity contribution is -0.119. The molecule has 1 aromatic carbocycles. The number of ether oxygens (including phenoxy) is 1. The highest BCUT2D eigenvalue weighted by Gasteiger charge is 2.14. The largest absolute Gasteiger partial charge is 0.483 e. The second kappa shape index (κ2) is 5.36. The van der Waals surface area contributed by atoms with Crippen LogP contribution in [-0.2, 0) is 14.8 Å². The number of nitrogens with two attached hydrogens (primary N) is 2. The number of primary amides is 1. The minimum atomic E-state index is -3.75. The topological polar surface area (TPSA) is 112 Å². The maximum atomic E-state index is 11.2. The normalized spacial score (nSPS) is 11.6. The number of primary sulfonamides is 1. The highest BCUT2D eigenvalue weighted by atomic mass is 32.2. The van der Waals surface area contributed by atoms with Crippen molar-refractivity contribution < 1.29 is 17.9 Å². The third kappa shape index (κ3) is 3.71. The van der Waals surface area contributed by atoms with Gasteiger partial charge in [-0.3, -0.25) is 4.79 Å². The summed E-state index contributed by atoms with van der Waals surface area (Å²) in [4.78, 5) is 10.7. The number of sulfonamides is 1. The van der Waals surface area contributed by atoms with Crippen molar-refractivity contribution in [1.29, 1.82) is 0 Å². The van der Waals surface area contributed by atoms with Gasteiger partial charge in [-0.2, -0.15) is 0 Å². The fourth-order valence-electron chi connectivity index (χ4n) is 1.44. The maximum absolute atomic E-state index is 11.2. The molecule has 0 heterocycles. The Morgan fingerprint density at radius 1 is 1.39 bits per heavy atom. The zero-order valence-electron chi connectivity index (χ0n) is 10.2. The minimum Gasteiger partial charge on any atom is -0.483 e. The van der Waals surface area contributed by atoms with E-state index in [1.54, 1.807) is 0 Å². The first kappa shape index (κ1) is 14.5. The van der Waals surface area contributed by atoms with Gasteiger partial charge in [-0.05, 0) is 29.7 Å². The predicted molar refractivity (Wildman–Crippen MR) is 66.6 cm³/mol. The van der Waals surface area contributed by atoms with E-state index in [4.69, 9.17) is 15.6 Å². The van der Waals surface area contributed by atoms with Crippen molar-refractivity contribution in [2.24, 2.45) is 10.9 Å². The van der Waals surface area contributed by atoms with Gasteiger partial charge in [0.2, 0.25) is 10.0 Å². The first-order chi connectivity index (χ1) is 8.21. The zero-order valence-corrected chi connectivity index (χ0v) is 11.0. The molecule has 1 aromatic rings. The van der Waals surface area contributed by atoms with Crippen molar-refractivity contribution in [2.45, 2.75) is 24.7 Å².